The molecular weight excluding hydrogens is 322 g/mol. The van der Waals surface area contributed by atoms with Gasteiger partial charge in [0.05, 0.1) is 18.6 Å². The Labute approximate surface area is 127 Å². The summed E-state index contributed by atoms with van der Waals surface area (Å²) in [5, 5.41) is 0. The maximum atomic E-state index is 12.5. The third-order valence-corrected chi connectivity index (χ3v) is 4.41. The molecule has 1 saturated heterocycles. The molecule has 0 spiro atoms. The maximum absolute atomic E-state index is 12.5. The van der Waals surface area contributed by atoms with Crippen molar-refractivity contribution < 1.29 is 14.3 Å². The minimum atomic E-state index is -0.240. The number of rotatable bonds is 2. The summed E-state index contributed by atoms with van der Waals surface area (Å²) in [6.45, 7) is 4.95. The molecule has 1 aliphatic heterocycles. The van der Waals surface area contributed by atoms with Gasteiger partial charge in [0.15, 0.2) is 0 Å². The van der Waals surface area contributed by atoms with Crippen molar-refractivity contribution in [2.45, 2.75) is 13.8 Å². The number of esters is 1. The third-order valence-electron chi connectivity index (χ3n) is 3.76. The highest BCUT2D eigenvalue weighted by Gasteiger charge is 2.38. The summed E-state index contributed by atoms with van der Waals surface area (Å²) in [6, 6.07) is 5.65. The van der Waals surface area contributed by atoms with Gasteiger partial charge < -0.3 is 9.64 Å². The molecule has 0 saturated carbocycles. The number of benzene rings is 1. The van der Waals surface area contributed by atoms with Gasteiger partial charge in [0.2, 0.25) is 0 Å². The van der Waals surface area contributed by atoms with Gasteiger partial charge in [0.1, 0.15) is 0 Å². The predicted molar refractivity (Wildman–Crippen MR) is 79.5 cm³/mol. The number of aryl methyl sites for hydroxylation is 1. The highest BCUT2D eigenvalue weighted by atomic mass is 79.9. The molecule has 0 aromatic heterocycles. The fraction of sp³-hybridized carbons (Fsp3) is 0.467. The van der Waals surface area contributed by atoms with E-state index in [1.165, 1.54) is 7.11 Å². The van der Waals surface area contributed by atoms with Crippen molar-refractivity contribution in [3.8, 4) is 0 Å². The fourth-order valence-corrected chi connectivity index (χ4v) is 3.22. The van der Waals surface area contributed by atoms with E-state index in [-0.39, 0.29) is 23.7 Å². The van der Waals surface area contributed by atoms with Crippen molar-refractivity contribution in [1.29, 1.82) is 0 Å². The van der Waals surface area contributed by atoms with E-state index in [4.69, 9.17) is 4.74 Å². The maximum Gasteiger partial charge on any atom is 0.310 e. The van der Waals surface area contributed by atoms with Gasteiger partial charge in [-0.3, -0.25) is 9.59 Å². The SMILES string of the molecule is COC(=O)C1CN(C(=O)c2ccc(C)cc2Br)CC1C. The van der Waals surface area contributed by atoms with Gasteiger partial charge in [-0.15, -0.1) is 0 Å². The largest absolute Gasteiger partial charge is 0.469 e. The lowest BCUT2D eigenvalue weighted by Gasteiger charge is -2.17. The van der Waals surface area contributed by atoms with Gasteiger partial charge in [0, 0.05) is 17.6 Å². The van der Waals surface area contributed by atoms with E-state index in [1.807, 2.05) is 32.0 Å². The summed E-state index contributed by atoms with van der Waals surface area (Å²) < 4.78 is 5.58. The average molecular weight is 340 g/mol. The van der Waals surface area contributed by atoms with Crippen LogP contribution in [0.3, 0.4) is 0 Å². The minimum absolute atomic E-state index is 0.0462. The van der Waals surface area contributed by atoms with Crippen LogP contribution < -0.4 is 0 Å². The van der Waals surface area contributed by atoms with Gasteiger partial charge in [0.25, 0.3) is 5.91 Å². The van der Waals surface area contributed by atoms with Crippen LogP contribution in [0.5, 0.6) is 0 Å². The Morgan fingerprint density at radius 1 is 1.35 bits per heavy atom. The first kappa shape index (κ1) is 15.0. The Hall–Kier alpha value is -1.36. The van der Waals surface area contributed by atoms with E-state index in [9.17, 15) is 9.59 Å². The number of amides is 1. The normalized spacial score (nSPS) is 21.9. The second kappa shape index (κ2) is 5.95. The Bertz CT molecular complexity index is 544. The monoisotopic (exact) mass is 339 g/mol. The molecule has 0 aliphatic carbocycles. The zero-order chi connectivity index (χ0) is 14.9. The Balaban J connectivity index is 2.17. The first-order valence-electron chi connectivity index (χ1n) is 6.57. The van der Waals surface area contributed by atoms with Crippen molar-refractivity contribution in [3.63, 3.8) is 0 Å². The molecule has 1 heterocycles. The quantitative estimate of drug-likeness (QED) is 0.778. The molecule has 1 aromatic carbocycles. The molecule has 2 atom stereocenters. The van der Waals surface area contributed by atoms with Crippen LogP contribution in [-0.4, -0.2) is 37.0 Å². The number of nitrogens with zero attached hydrogens (tertiary/aromatic N) is 1. The summed E-state index contributed by atoms with van der Waals surface area (Å²) in [5.41, 5.74) is 1.73. The summed E-state index contributed by atoms with van der Waals surface area (Å²) >= 11 is 3.43. The van der Waals surface area contributed by atoms with Crippen LogP contribution in [0.25, 0.3) is 0 Å². The Kier molecular flexibility index (Phi) is 4.48. The summed E-state index contributed by atoms with van der Waals surface area (Å²) in [4.78, 5) is 25.9. The average Bonchev–Trinajstić information content (AvgIpc) is 2.79. The number of methoxy groups -OCH3 is 1. The van der Waals surface area contributed by atoms with Crippen LogP contribution in [0, 0.1) is 18.8 Å². The molecule has 2 unspecified atom stereocenters. The fourth-order valence-electron chi connectivity index (χ4n) is 2.55. The molecule has 0 N–H and O–H groups in total. The number of hydrogen-bond acceptors (Lipinski definition) is 3. The van der Waals surface area contributed by atoms with Crippen LogP contribution in [0.15, 0.2) is 22.7 Å². The zero-order valence-corrected chi connectivity index (χ0v) is 13.4. The van der Waals surface area contributed by atoms with Crippen molar-refractivity contribution in [1.82, 2.24) is 4.90 Å². The minimum Gasteiger partial charge on any atom is -0.469 e. The lowest BCUT2D eigenvalue weighted by atomic mass is 9.99. The molecule has 20 heavy (non-hydrogen) atoms. The van der Waals surface area contributed by atoms with Crippen molar-refractivity contribution in [2.24, 2.45) is 11.8 Å². The number of carbonyl (C=O) groups excluding carboxylic acids is 2. The highest BCUT2D eigenvalue weighted by molar-refractivity contribution is 9.10. The molecule has 0 bridgehead atoms. The summed E-state index contributed by atoms with van der Waals surface area (Å²) in [5.74, 6) is -0.394. The first-order valence-corrected chi connectivity index (χ1v) is 7.36. The van der Waals surface area contributed by atoms with Gasteiger partial charge in [-0.2, -0.15) is 0 Å². The molecular formula is C15H18BrNO3. The molecule has 1 aliphatic rings. The van der Waals surface area contributed by atoms with Crippen LogP contribution >= 0.6 is 15.9 Å². The van der Waals surface area contributed by atoms with Gasteiger partial charge in [-0.1, -0.05) is 13.0 Å². The van der Waals surface area contributed by atoms with Crippen LogP contribution in [0.1, 0.15) is 22.8 Å². The Morgan fingerprint density at radius 2 is 2.05 bits per heavy atom. The number of hydrogen-bond donors (Lipinski definition) is 0. The molecule has 0 radical (unpaired) electrons. The van der Waals surface area contributed by atoms with Crippen LogP contribution in [-0.2, 0) is 9.53 Å². The first-order chi connectivity index (χ1) is 9.43. The molecule has 1 amide bonds. The number of halogens is 1. The molecule has 5 heteroatoms. The van der Waals surface area contributed by atoms with Crippen molar-refractivity contribution in [2.75, 3.05) is 20.2 Å². The van der Waals surface area contributed by atoms with Crippen molar-refractivity contribution in [3.05, 3.63) is 33.8 Å². The zero-order valence-electron chi connectivity index (χ0n) is 11.9. The van der Waals surface area contributed by atoms with Gasteiger partial charge in [-0.25, -0.2) is 0 Å². The standard InChI is InChI=1S/C15H18BrNO3/c1-9-4-5-11(13(16)6-9)14(18)17-7-10(2)12(8-17)15(19)20-3/h4-6,10,12H,7-8H2,1-3H3. The van der Waals surface area contributed by atoms with E-state index < -0.39 is 0 Å². The smallest absolute Gasteiger partial charge is 0.310 e. The van der Waals surface area contributed by atoms with Crippen LogP contribution in [0.4, 0.5) is 0 Å². The summed E-state index contributed by atoms with van der Waals surface area (Å²) in [7, 11) is 1.39. The second-order valence-corrected chi connectivity index (χ2v) is 6.15. The van der Waals surface area contributed by atoms with E-state index in [2.05, 4.69) is 15.9 Å². The lowest BCUT2D eigenvalue weighted by Crippen LogP contribution is -2.30. The van der Waals surface area contributed by atoms with E-state index >= 15 is 0 Å². The van der Waals surface area contributed by atoms with E-state index in [0.29, 0.717) is 18.7 Å². The second-order valence-electron chi connectivity index (χ2n) is 5.30. The molecule has 108 valence electrons. The molecule has 2 rings (SSSR count). The van der Waals surface area contributed by atoms with E-state index in [0.717, 1.165) is 10.0 Å². The number of carbonyl (C=O) groups is 2. The molecule has 1 aromatic rings. The number of likely N-dealkylation sites (tertiary alicyclic amines) is 1. The summed E-state index contributed by atoms with van der Waals surface area (Å²) in [6.07, 6.45) is 0. The lowest BCUT2D eigenvalue weighted by molar-refractivity contribution is -0.146. The Morgan fingerprint density at radius 3 is 2.65 bits per heavy atom. The van der Waals surface area contributed by atoms with Gasteiger partial charge in [-0.05, 0) is 46.5 Å². The predicted octanol–water partition coefficient (Wildman–Crippen LogP) is 2.64. The third kappa shape index (κ3) is 2.87. The van der Waals surface area contributed by atoms with Gasteiger partial charge >= 0.3 is 5.97 Å². The van der Waals surface area contributed by atoms with Crippen LogP contribution in [0.2, 0.25) is 0 Å². The molecule has 1 fully saturated rings. The molecule has 4 nitrogen and oxygen atoms in total. The van der Waals surface area contributed by atoms with Crippen molar-refractivity contribution >= 4 is 27.8 Å². The van der Waals surface area contributed by atoms with E-state index in [1.54, 1.807) is 4.90 Å². The highest BCUT2D eigenvalue weighted by Crippen LogP contribution is 2.27. The topological polar surface area (TPSA) is 46.6 Å². The number of ether oxygens (including phenoxy) is 1.